The predicted molar refractivity (Wildman–Crippen MR) is 60.9 cm³/mol. The summed E-state index contributed by atoms with van der Waals surface area (Å²) in [5, 5.41) is 12.0. The molecule has 0 fully saturated rings. The summed E-state index contributed by atoms with van der Waals surface area (Å²) in [7, 11) is 0. The zero-order valence-electron chi connectivity index (χ0n) is 9.62. The third-order valence-corrected chi connectivity index (χ3v) is 2.27. The average molecular weight is 225 g/mol. The second kappa shape index (κ2) is 4.51. The molecule has 0 unspecified atom stereocenters. The molecule has 88 valence electrons. The Balaban J connectivity index is 2.84. The van der Waals surface area contributed by atoms with E-state index in [1.165, 1.54) is 24.3 Å². The fourth-order valence-corrected chi connectivity index (χ4v) is 1.36. The Morgan fingerprint density at radius 1 is 1.31 bits per heavy atom. The first-order valence-corrected chi connectivity index (χ1v) is 5.05. The topological polar surface area (TPSA) is 49.3 Å². The number of aliphatic carboxylic acids is 1. The number of halogens is 1. The van der Waals surface area contributed by atoms with Gasteiger partial charge in [-0.25, -0.2) is 9.18 Å². The van der Waals surface area contributed by atoms with Crippen molar-refractivity contribution in [1.82, 2.24) is 0 Å². The monoisotopic (exact) mass is 225 g/mol. The Labute approximate surface area is 94.3 Å². The van der Waals surface area contributed by atoms with Crippen LogP contribution in [0.3, 0.4) is 0 Å². The highest BCUT2D eigenvalue weighted by molar-refractivity contribution is 5.78. The third kappa shape index (κ3) is 3.22. The molecule has 0 radical (unpaired) electrons. The lowest BCUT2D eigenvalue weighted by molar-refractivity contribution is -0.140. The average Bonchev–Trinajstić information content (AvgIpc) is 2.14. The number of benzene rings is 1. The van der Waals surface area contributed by atoms with Gasteiger partial charge in [-0.15, -0.1) is 0 Å². The van der Waals surface area contributed by atoms with Gasteiger partial charge in [-0.3, -0.25) is 0 Å². The van der Waals surface area contributed by atoms with Gasteiger partial charge in [0.05, 0.1) is 0 Å². The van der Waals surface area contributed by atoms with Gasteiger partial charge in [0.2, 0.25) is 0 Å². The second-order valence-corrected chi connectivity index (χ2v) is 4.79. The zero-order valence-corrected chi connectivity index (χ0v) is 9.62. The molecule has 0 saturated carbocycles. The van der Waals surface area contributed by atoms with Crippen LogP contribution < -0.4 is 5.32 Å². The number of rotatable bonds is 3. The van der Waals surface area contributed by atoms with Crippen molar-refractivity contribution >= 4 is 11.7 Å². The summed E-state index contributed by atoms with van der Waals surface area (Å²) in [5.41, 5.74) is 0.184. The van der Waals surface area contributed by atoms with Crippen molar-refractivity contribution in [2.75, 3.05) is 5.32 Å². The quantitative estimate of drug-likeness (QED) is 0.831. The minimum atomic E-state index is -0.920. The van der Waals surface area contributed by atoms with Crippen molar-refractivity contribution in [3.8, 4) is 0 Å². The van der Waals surface area contributed by atoms with E-state index in [-0.39, 0.29) is 5.82 Å². The highest BCUT2D eigenvalue weighted by atomic mass is 19.1. The first kappa shape index (κ1) is 12.5. The first-order valence-electron chi connectivity index (χ1n) is 5.05. The van der Waals surface area contributed by atoms with Gasteiger partial charge in [-0.1, -0.05) is 20.8 Å². The van der Waals surface area contributed by atoms with Crippen molar-refractivity contribution in [3.63, 3.8) is 0 Å². The number of carboxylic acid groups (broad SMARTS) is 1. The van der Waals surface area contributed by atoms with E-state index in [1.807, 2.05) is 20.8 Å². The maximum absolute atomic E-state index is 12.7. The Morgan fingerprint density at radius 2 is 1.81 bits per heavy atom. The molecule has 0 aliphatic heterocycles. The summed E-state index contributed by atoms with van der Waals surface area (Å²) < 4.78 is 12.7. The summed E-state index contributed by atoms with van der Waals surface area (Å²) in [5.74, 6) is -1.26. The number of hydrogen-bond acceptors (Lipinski definition) is 2. The van der Waals surface area contributed by atoms with Crippen LogP contribution in [0.15, 0.2) is 24.3 Å². The lowest BCUT2D eigenvalue weighted by Crippen LogP contribution is -2.41. The van der Waals surface area contributed by atoms with Crippen molar-refractivity contribution in [2.45, 2.75) is 26.8 Å². The van der Waals surface area contributed by atoms with Crippen molar-refractivity contribution in [1.29, 1.82) is 0 Å². The maximum Gasteiger partial charge on any atom is 0.326 e. The molecule has 16 heavy (non-hydrogen) atoms. The van der Waals surface area contributed by atoms with Gasteiger partial charge >= 0.3 is 5.97 Å². The van der Waals surface area contributed by atoms with Crippen LogP contribution in [0.2, 0.25) is 0 Å². The fourth-order valence-electron chi connectivity index (χ4n) is 1.36. The van der Waals surface area contributed by atoms with Crippen molar-refractivity contribution in [2.24, 2.45) is 5.41 Å². The Kier molecular flexibility index (Phi) is 3.52. The number of anilines is 1. The van der Waals surface area contributed by atoms with Crippen molar-refractivity contribution < 1.29 is 14.3 Å². The molecule has 1 aromatic rings. The molecule has 0 heterocycles. The van der Waals surface area contributed by atoms with E-state index in [4.69, 9.17) is 5.11 Å². The third-order valence-electron chi connectivity index (χ3n) is 2.27. The van der Waals surface area contributed by atoms with Gasteiger partial charge in [0.1, 0.15) is 11.9 Å². The lowest BCUT2D eigenvalue weighted by Gasteiger charge is -2.28. The molecule has 0 saturated heterocycles. The SMILES string of the molecule is CC(C)(C)[C@H](Nc1ccc(F)cc1)C(=O)O. The summed E-state index contributed by atoms with van der Waals surface area (Å²) >= 11 is 0. The molecule has 2 N–H and O–H groups in total. The van der Waals surface area contributed by atoms with E-state index >= 15 is 0 Å². The number of hydrogen-bond donors (Lipinski definition) is 2. The van der Waals surface area contributed by atoms with Crippen LogP contribution in [0.1, 0.15) is 20.8 Å². The standard InChI is InChI=1S/C12H16FNO2/c1-12(2,3)10(11(15)16)14-9-6-4-8(13)5-7-9/h4-7,10,14H,1-3H3,(H,15,16)/t10-/m1/s1. The first-order chi connectivity index (χ1) is 7.30. The summed E-state index contributed by atoms with van der Waals surface area (Å²) in [6.45, 7) is 5.51. The molecule has 4 heteroatoms. The molecule has 0 aliphatic rings. The van der Waals surface area contributed by atoms with Crippen LogP contribution in [0, 0.1) is 11.2 Å². The molecule has 3 nitrogen and oxygen atoms in total. The predicted octanol–water partition coefficient (Wildman–Crippen LogP) is 2.74. The molecule has 0 spiro atoms. The van der Waals surface area contributed by atoms with Crippen LogP contribution in [0.25, 0.3) is 0 Å². The fraction of sp³-hybridized carbons (Fsp3) is 0.417. The molecule has 0 bridgehead atoms. The van der Waals surface area contributed by atoms with Crippen LogP contribution in [0.4, 0.5) is 10.1 Å². The van der Waals surface area contributed by atoms with E-state index in [2.05, 4.69) is 5.32 Å². The number of carbonyl (C=O) groups is 1. The van der Waals surface area contributed by atoms with Gasteiger partial charge in [-0.05, 0) is 29.7 Å². The largest absolute Gasteiger partial charge is 0.480 e. The van der Waals surface area contributed by atoms with Gasteiger partial charge in [0.25, 0.3) is 0 Å². The van der Waals surface area contributed by atoms with Gasteiger partial charge in [0.15, 0.2) is 0 Å². The molecule has 0 amide bonds. The lowest BCUT2D eigenvalue weighted by atomic mass is 9.86. The van der Waals surface area contributed by atoms with E-state index in [0.29, 0.717) is 5.69 Å². The molecule has 1 aromatic carbocycles. The van der Waals surface area contributed by atoms with Crippen molar-refractivity contribution in [3.05, 3.63) is 30.1 Å². The molecule has 1 atom stereocenters. The summed E-state index contributed by atoms with van der Waals surface area (Å²) in [6.07, 6.45) is 0. The minimum Gasteiger partial charge on any atom is -0.480 e. The zero-order chi connectivity index (χ0) is 12.3. The number of nitrogens with one attached hydrogen (secondary N) is 1. The summed E-state index contributed by atoms with van der Waals surface area (Å²) in [6, 6.07) is 4.93. The highest BCUT2D eigenvalue weighted by Gasteiger charge is 2.30. The van der Waals surface area contributed by atoms with Gasteiger partial charge < -0.3 is 10.4 Å². The van der Waals surface area contributed by atoms with E-state index in [9.17, 15) is 9.18 Å². The van der Waals surface area contributed by atoms with E-state index in [0.717, 1.165) is 0 Å². The molecule has 0 aromatic heterocycles. The van der Waals surface area contributed by atoms with Crippen LogP contribution in [0.5, 0.6) is 0 Å². The van der Waals surface area contributed by atoms with Gasteiger partial charge in [-0.2, -0.15) is 0 Å². The Bertz CT molecular complexity index is 368. The molecular formula is C12H16FNO2. The van der Waals surface area contributed by atoms with Crippen LogP contribution in [-0.2, 0) is 4.79 Å². The minimum absolute atomic E-state index is 0.340. The maximum atomic E-state index is 12.7. The normalized spacial score (nSPS) is 13.2. The summed E-state index contributed by atoms with van der Waals surface area (Å²) in [4.78, 5) is 11.1. The molecular weight excluding hydrogens is 209 g/mol. The molecule has 1 rings (SSSR count). The van der Waals surface area contributed by atoms with Gasteiger partial charge in [0, 0.05) is 5.69 Å². The number of carboxylic acids is 1. The Morgan fingerprint density at radius 3 is 2.19 bits per heavy atom. The smallest absolute Gasteiger partial charge is 0.326 e. The molecule has 0 aliphatic carbocycles. The van der Waals surface area contributed by atoms with Crippen LogP contribution in [-0.4, -0.2) is 17.1 Å². The second-order valence-electron chi connectivity index (χ2n) is 4.79. The van der Waals surface area contributed by atoms with E-state index < -0.39 is 17.4 Å². The highest BCUT2D eigenvalue weighted by Crippen LogP contribution is 2.23. The van der Waals surface area contributed by atoms with Crippen LogP contribution >= 0.6 is 0 Å². The van der Waals surface area contributed by atoms with E-state index in [1.54, 1.807) is 0 Å². The Hall–Kier alpha value is -1.58.